The summed E-state index contributed by atoms with van der Waals surface area (Å²) >= 11 is 0. The van der Waals surface area contributed by atoms with Gasteiger partial charge in [-0.15, -0.1) is 0 Å². The van der Waals surface area contributed by atoms with Gasteiger partial charge in [-0.2, -0.15) is 0 Å². The number of hydrogen-bond donors (Lipinski definition) is 2. The number of amides is 1. The molecule has 1 aromatic carbocycles. The number of carbonyl (C=O) groups excluding carboxylic acids is 1. The van der Waals surface area contributed by atoms with Gasteiger partial charge < -0.3 is 20.1 Å². The molecule has 2 N–H and O–H groups in total. The van der Waals surface area contributed by atoms with Crippen LogP contribution in [0.4, 0.5) is 5.69 Å². The lowest BCUT2D eigenvalue weighted by atomic mass is 10.1. The maximum Gasteiger partial charge on any atom is 0.239 e. The Morgan fingerprint density at radius 1 is 1.08 bits per heavy atom. The van der Waals surface area contributed by atoms with Crippen LogP contribution < -0.4 is 15.4 Å². The van der Waals surface area contributed by atoms with E-state index >= 15 is 0 Å². The van der Waals surface area contributed by atoms with E-state index in [-0.39, 0.29) is 12.5 Å². The summed E-state index contributed by atoms with van der Waals surface area (Å²) in [5.41, 5.74) is 0.877. The van der Waals surface area contributed by atoms with Crippen LogP contribution >= 0.6 is 0 Å². The van der Waals surface area contributed by atoms with Crippen LogP contribution in [0.5, 0.6) is 5.75 Å². The van der Waals surface area contributed by atoms with Crippen molar-refractivity contribution >= 4 is 11.6 Å². The summed E-state index contributed by atoms with van der Waals surface area (Å²) in [5, 5.41) is 6.07. The normalized spacial score (nSPS) is 10.4. The number of anilines is 1. The third-order valence-electron chi connectivity index (χ3n) is 3.59. The smallest absolute Gasteiger partial charge is 0.239 e. The van der Waals surface area contributed by atoms with E-state index in [1.807, 2.05) is 31.2 Å². The molecule has 0 aromatic heterocycles. The molecule has 1 rings (SSSR count). The van der Waals surface area contributed by atoms with Crippen molar-refractivity contribution in [3.8, 4) is 5.75 Å². The van der Waals surface area contributed by atoms with Crippen molar-refractivity contribution in [2.24, 2.45) is 0 Å². The molecule has 1 amide bonds. The van der Waals surface area contributed by atoms with Gasteiger partial charge in [-0.3, -0.25) is 4.79 Å². The molecule has 0 fully saturated rings. The zero-order chi connectivity index (χ0) is 17.5. The molecule has 0 saturated heterocycles. The van der Waals surface area contributed by atoms with Crippen LogP contribution in [0.25, 0.3) is 0 Å². The molecule has 1 aromatic rings. The van der Waals surface area contributed by atoms with E-state index in [1.165, 1.54) is 25.7 Å². The topological polar surface area (TPSA) is 59.6 Å². The van der Waals surface area contributed by atoms with E-state index in [0.717, 1.165) is 24.4 Å². The largest absolute Gasteiger partial charge is 0.491 e. The molecule has 5 heteroatoms. The molecule has 0 saturated carbocycles. The van der Waals surface area contributed by atoms with Gasteiger partial charge in [0, 0.05) is 24.9 Å². The Bertz CT molecular complexity index is 452. The van der Waals surface area contributed by atoms with Gasteiger partial charge in [0.05, 0.1) is 13.2 Å². The highest BCUT2D eigenvalue weighted by molar-refractivity contribution is 5.80. The number of hydrogen-bond acceptors (Lipinski definition) is 4. The van der Waals surface area contributed by atoms with Crippen molar-refractivity contribution in [2.75, 3.05) is 38.2 Å². The fraction of sp³-hybridized carbons (Fsp3) is 0.632. The lowest BCUT2D eigenvalue weighted by Crippen LogP contribution is -2.30. The fourth-order valence-corrected chi connectivity index (χ4v) is 2.26. The average molecular weight is 336 g/mol. The van der Waals surface area contributed by atoms with Gasteiger partial charge in [-0.25, -0.2) is 0 Å². The molecule has 0 bridgehead atoms. The molecular formula is C19H32N2O3. The van der Waals surface area contributed by atoms with Crippen LogP contribution in [0, 0.1) is 0 Å². The number of unbranched alkanes of at least 4 members (excludes halogenated alkanes) is 4. The van der Waals surface area contributed by atoms with Gasteiger partial charge in [-0.1, -0.05) is 38.7 Å². The summed E-state index contributed by atoms with van der Waals surface area (Å²) in [5.74, 6) is 0.796. The molecule has 0 unspecified atom stereocenters. The Balaban J connectivity index is 2.18. The van der Waals surface area contributed by atoms with E-state index in [1.54, 1.807) is 0 Å². The molecule has 0 aliphatic carbocycles. The lowest BCUT2D eigenvalue weighted by molar-refractivity contribution is -0.119. The first-order valence-corrected chi connectivity index (χ1v) is 9.07. The fourth-order valence-electron chi connectivity index (χ4n) is 2.26. The molecule has 0 spiro atoms. The van der Waals surface area contributed by atoms with Crippen molar-refractivity contribution in [1.29, 1.82) is 0 Å². The molecule has 0 heterocycles. The monoisotopic (exact) mass is 336 g/mol. The van der Waals surface area contributed by atoms with Gasteiger partial charge >= 0.3 is 0 Å². The van der Waals surface area contributed by atoms with Gasteiger partial charge in [0.1, 0.15) is 12.4 Å². The van der Waals surface area contributed by atoms with E-state index in [2.05, 4.69) is 17.6 Å². The third-order valence-corrected chi connectivity index (χ3v) is 3.59. The van der Waals surface area contributed by atoms with Crippen molar-refractivity contribution in [1.82, 2.24) is 5.32 Å². The van der Waals surface area contributed by atoms with Crippen LogP contribution in [-0.4, -0.2) is 38.8 Å². The Kier molecular flexibility index (Phi) is 11.6. The Morgan fingerprint density at radius 2 is 1.92 bits per heavy atom. The number of benzene rings is 1. The van der Waals surface area contributed by atoms with E-state index in [4.69, 9.17) is 9.47 Å². The first-order valence-electron chi connectivity index (χ1n) is 9.07. The lowest BCUT2D eigenvalue weighted by Gasteiger charge is -2.10. The summed E-state index contributed by atoms with van der Waals surface area (Å²) in [6, 6.07) is 7.62. The van der Waals surface area contributed by atoms with E-state index in [0.29, 0.717) is 19.8 Å². The van der Waals surface area contributed by atoms with Gasteiger partial charge in [0.25, 0.3) is 0 Å². The highest BCUT2D eigenvalue weighted by Gasteiger charge is 2.02. The molecule has 24 heavy (non-hydrogen) atoms. The maximum atomic E-state index is 11.8. The molecule has 5 nitrogen and oxygen atoms in total. The maximum absolute atomic E-state index is 11.8. The highest BCUT2D eigenvalue weighted by Crippen LogP contribution is 2.17. The average Bonchev–Trinajstić information content (AvgIpc) is 2.60. The van der Waals surface area contributed by atoms with Crippen molar-refractivity contribution in [3.05, 3.63) is 24.3 Å². The van der Waals surface area contributed by atoms with Crippen LogP contribution in [0.15, 0.2) is 24.3 Å². The van der Waals surface area contributed by atoms with Crippen molar-refractivity contribution in [2.45, 2.75) is 46.0 Å². The number of ether oxygens (including phenoxy) is 2. The summed E-state index contributed by atoms with van der Waals surface area (Å²) in [4.78, 5) is 11.8. The van der Waals surface area contributed by atoms with Gasteiger partial charge in [0.2, 0.25) is 5.91 Å². The summed E-state index contributed by atoms with van der Waals surface area (Å²) < 4.78 is 10.8. The summed E-state index contributed by atoms with van der Waals surface area (Å²) in [6.45, 7) is 6.98. The Hall–Kier alpha value is -1.75. The molecular weight excluding hydrogens is 304 g/mol. The minimum absolute atomic E-state index is 0.0214. The standard InChI is InChI=1S/C19H32N2O3/c1-3-5-6-7-8-12-20-19(22)16-21-17-10-9-11-18(15-17)24-14-13-23-4-2/h9-11,15,21H,3-8,12-14,16H2,1-2H3,(H,20,22). The first kappa shape index (κ1) is 20.3. The third kappa shape index (κ3) is 10.1. The number of rotatable bonds is 14. The van der Waals surface area contributed by atoms with E-state index < -0.39 is 0 Å². The first-order chi connectivity index (χ1) is 11.8. The summed E-state index contributed by atoms with van der Waals surface area (Å²) in [6.07, 6.45) is 6.00. The van der Waals surface area contributed by atoms with Crippen LogP contribution in [-0.2, 0) is 9.53 Å². The zero-order valence-electron chi connectivity index (χ0n) is 15.1. The predicted molar refractivity (Wildman–Crippen MR) is 98.7 cm³/mol. The number of carbonyl (C=O) groups is 1. The predicted octanol–water partition coefficient (Wildman–Crippen LogP) is 3.60. The quantitative estimate of drug-likeness (QED) is 0.510. The highest BCUT2D eigenvalue weighted by atomic mass is 16.5. The second-order valence-corrected chi connectivity index (χ2v) is 5.69. The molecule has 0 atom stereocenters. The van der Waals surface area contributed by atoms with Gasteiger partial charge in [0.15, 0.2) is 0 Å². The number of nitrogens with one attached hydrogen (secondary N) is 2. The molecule has 0 radical (unpaired) electrons. The molecule has 136 valence electrons. The minimum Gasteiger partial charge on any atom is -0.491 e. The second-order valence-electron chi connectivity index (χ2n) is 5.69. The zero-order valence-corrected chi connectivity index (χ0v) is 15.1. The van der Waals surface area contributed by atoms with E-state index in [9.17, 15) is 4.79 Å². The van der Waals surface area contributed by atoms with Crippen LogP contribution in [0.3, 0.4) is 0 Å². The SMILES string of the molecule is CCCCCCCNC(=O)CNc1cccc(OCCOCC)c1. The molecule has 0 aliphatic heterocycles. The van der Waals surface area contributed by atoms with Gasteiger partial charge in [-0.05, 0) is 25.5 Å². The van der Waals surface area contributed by atoms with Crippen molar-refractivity contribution < 1.29 is 14.3 Å². The van der Waals surface area contributed by atoms with Crippen LogP contribution in [0.2, 0.25) is 0 Å². The molecule has 0 aliphatic rings. The van der Waals surface area contributed by atoms with Crippen LogP contribution in [0.1, 0.15) is 46.0 Å². The second kappa shape index (κ2) is 13.7. The summed E-state index contributed by atoms with van der Waals surface area (Å²) in [7, 11) is 0. The van der Waals surface area contributed by atoms with Crippen molar-refractivity contribution in [3.63, 3.8) is 0 Å². The Labute approximate surface area is 146 Å². The Morgan fingerprint density at radius 3 is 2.71 bits per heavy atom. The minimum atomic E-state index is 0.0214.